The summed E-state index contributed by atoms with van der Waals surface area (Å²) in [5, 5.41) is 8.76. The summed E-state index contributed by atoms with van der Waals surface area (Å²) in [7, 11) is 0. The normalized spacial score (nSPS) is 15.5. The Balaban J connectivity index is 2.29. The van der Waals surface area contributed by atoms with E-state index in [0.29, 0.717) is 19.6 Å². The summed E-state index contributed by atoms with van der Waals surface area (Å²) in [5.74, 6) is 0.703. The lowest BCUT2D eigenvalue weighted by molar-refractivity contribution is -0.137. The van der Waals surface area contributed by atoms with E-state index in [2.05, 4.69) is 0 Å². The van der Waals surface area contributed by atoms with E-state index in [1.807, 2.05) is 19.1 Å². The molecule has 1 aromatic carbocycles. The fraction of sp³-hybridized carbons (Fsp3) is 0.533. The molecule has 0 spiro atoms. The number of nitrogens with two attached hydrogens (primary N) is 1. The molecule has 0 aliphatic carbocycles. The Morgan fingerprint density at radius 3 is 2.85 bits per heavy atom. The molecule has 20 heavy (non-hydrogen) atoms. The molecule has 1 unspecified atom stereocenters. The zero-order valence-corrected chi connectivity index (χ0v) is 11.7. The number of benzene rings is 1. The van der Waals surface area contributed by atoms with Gasteiger partial charge in [-0.1, -0.05) is 13.0 Å². The van der Waals surface area contributed by atoms with Crippen LogP contribution in [0.25, 0.3) is 0 Å². The molecule has 0 aromatic heterocycles. The zero-order chi connectivity index (χ0) is 14.5. The molecule has 0 fully saturated rings. The highest BCUT2D eigenvalue weighted by atomic mass is 16.5. The summed E-state index contributed by atoms with van der Waals surface area (Å²) < 4.78 is 11.5. The van der Waals surface area contributed by atoms with E-state index in [1.165, 1.54) is 0 Å². The summed E-state index contributed by atoms with van der Waals surface area (Å²) in [6.07, 6.45) is 2.13. The number of ether oxygens (including phenoxy) is 2. The first-order valence-electron chi connectivity index (χ1n) is 7.02. The maximum atomic E-state index is 10.7. The van der Waals surface area contributed by atoms with Crippen LogP contribution < -0.4 is 15.2 Å². The van der Waals surface area contributed by atoms with Crippen molar-refractivity contribution in [3.63, 3.8) is 0 Å². The first-order chi connectivity index (χ1) is 9.63. The largest absolute Gasteiger partial charge is 0.490 e. The highest BCUT2D eigenvalue weighted by Gasteiger charge is 2.20. The summed E-state index contributed by atoms with van der Waals surface area (Å²) in [4.78, 5) is 10.7. The van der Waals surface area contributed by atoms with Crippen molar-refractivity contribution < 1.29 is 19.4 Å². The average molecular weight is 279 g/mol. The van der Waals surface area contributed by atoms with Crippen molar-refractivity contribution >= 4 is 5.97 Å². The van der Waals surface area contributed by atoms with Crippen LogP contribution in [0.5, 0.6) is 11.5 Å². The van der Waals surface area contributed by atoms with Gasteiger partial charge in [0.15, 0.2) is 11.5 Å². The fourth-order valence-corrected chi connectivity index (χ4v) is 2.46. The smallest absolute Gasteiger partial charge is 0.303 e. The van der Waals surface area contributed by atoms with Gasteiger partial charge in [0, 0.05) is 24.4 Å². The van der Waals surface area contributed by atoms with Gasteiger partial charge < -0.3 is 20.3 Å². The SMILES string of the molecule is CCc1c(C(N)CCC(=O)O)ccc2c1OCCCO2. The molecular weight excluding hydrogens is 258 g/mol. The summed E-state index contributed by atoms with van der Waals surface area (Å²) in [6, 6.07) is 3.51. The lowest BCUT2D eigenvalue weighted by atomic mass is 9.95. The average Bonchev–Trinajstić information content (AvgIpc) is 2.68. The Morgan fingerprint density at radius 2 is 2.15 bits per heavy atom. The zero-order valence-electron chi connectivity index (χ0n) is 11.7. The van der Waals surface area contributed by atoms with Gasteiger partial charge in [0.05, 0.1) is 13.2 Å². The van der Waals surface area contributed by atoms with E-state index in [4.69, 9.17) is 20.3 Å². The number of aliphatic carboxylic acids is 1. The Morgan fingerprint density at radius 1 is 1.40 bits per heavy atom. The van der Waals surface area contributed by atoms with Crippen LogP contribution in [-0.4, -0.2) is 24.3 Å². The molecule has 5 heteroatoms. The van der Waals surface area contributed by atoms with E-state index in [-0.39, 0.29) is 12.5 Å². The van der Waals surface area contributed by atoms with Gasteiger partial charge in [-0.05, 0) is 24.5 Å². The monoisotopic (exact) mass is 279 g/mol. The molecule has 0 radical (unpaired) electrons. The summed E-state index contributed by atoms with van der Waals surface area (Å²) >= 11 is 0. The molecule has 1 aliphatic heterocycles. The van der Waals surface area contributed by atoms with Crippen LogP contribution in [0.15, 0.2) is 12.1 Å². The molecule has 0 saturated heterocycles. The third kappa shape index (κ3) is 3.22. The van der Waals surface area contributed by atoms with Crippen molar-refractivity contribution in [2.75, 3.05) is 13.2 Å². The van der Waals surface area contributed by atoms with Gasteiger partial charge in [0.25, 0.3) is 0 Å². The Kier molecular flexibility index (Phi) is 4.84. The van der Waals surface area contributed by atoms with Gasteiger partial charge in [-0.25, -0.2) is 0 Å². The predicted molar refractivity (Wildman–Crippen MR) is 75.2 cm³/mol. The maximum Gasteiger partial charge on any atom is 0.303 e. The summed E-state index contributed by atoms with van der Waals surface area (Å²) in [5.41, 5.74) is 8.12. The molecule has 1 atom stereocenters. The highest BCUT2D eigenvalue weighted by molar-refractivity contribution is 5.66. The second-order valence-electron chi connectivity index (χ2n) is 4.90. The number of fused-ring (bicyclic) bond motifs is 1. The molecule has 2 rings (SSSR count). The van der Waals surface area contributed by atoms with Crippen LogP contribution in [0.4, 0.5) is 0 Å². The van der Waals surface area contributed by atoms with E-state index in [1.54, 1.807) is 0 Å². The second kappa shape index (κ2) is 6.61. The number of hydrogen-bond acceptors (Lipinski definition) is 4. The van der Waals surface area contributed by atoms with E-state index in [9.17, 15) is 4.79 Å². The molecule has 1 aliphatic rings. The minimum Gasteiger partial charge on any atom is -0.490 e. The first kappa shape index (κ1) is 14.7. The molecule has 3 N–H and O–H groups in total. The lowest BCUT2D eigenvalue weighted by Crippen LogP contribution is -2.15. The molecule has 110 valence electrons. The standard InChI is InChI=1S/C15H21NO4/c1-2-10-11(12(16)5-7-14(17)18)4-6-13-15(10)20-9-3-8-19-13/h4,6,12H,2-3,5,7-9,16H2,1H3,(H,17,18). The van der Waals surface area contributed by atoms with Gasteiger partial charge in [-0.2, -0.15) is 0 Å². The Bertz CT molecular complexity index is 487. The van der Waals surface area contributed by atoms with Crippen molar-refractivity contribution in [1.29, 1.82) is 0 Å². The van der Waals surface area contributed by atoms with Gasteiger partial charge in [-0.3, -0.25) is 4.79 Å². The minimum atomic E-state index is -0.826. The molecular formula is C15H21NO4. The fourth-order valence-electron chi connectivity index (χ4n) is 2.46. The van der Waals surface area contributed by atoms with E-state index < -0.39 is 5.97 Å². The first-order valence-corrected chi connectivity index (χ1v) is 7.02. The van der Waals surface area contributed by atoms with Crippen LogP contribution >= 0.6 is 0 Å². The predicted octanol–water partition coefficient (Wildman–Crippen LogP) is 2.27. The van der Waals surface area contributed by atoms with Crippen LogP contribution in [0.3, 0.4) is 0 Å². The van der Waals surface area contributed by atoms with E-state index >= 15 is 0 Å². The third-order valence-electron chi connectivity index (χ3n) is 3.48. The van der Waals surface area contributed by atoms with Crippen molar-refractivity contribution in [1.82, 2.24) is 0 Å². The van der Waals surface area contributed by atoms with Crippen LogP contribution in [0.2, 0.25) is 0 Å². The minimum absolute atomic E-state index is 0.0682. The van der Waals surface area contributed by atoms with Crippen LogP contribution in [0.1, 0.15) is 43.4 Å². The van der Waals surface area contributed by atoms with Crippen LogP contribution in [-0.2, 0) is 11.2 Å². The Hall–Kier alpha value is -1.75. The number of rotatable bonds is 5. The van der Waals surface area contributed by atoms with Gasteiger partial charge in [-0.15, -0.1) is 0 Å². The maximum absolute atomic E-state index is 10.7. The van der Waals surface area contributed by atoms with Crippen molar-refractivity contribution in [2.24, 2.45) is 5.73 Å². The number of carbonyl (C=O) groups is 1. The topological polar surface area (TPSA) is 81.8 Å². The highest BCUT2D eigenvalue weighted by Crippen LogP contribution is 2.38. The van der Waals surface area contributed by atoms with Crippen molar-refractivity contribution in [3.05, 3.63) is 23.3 Å². The molecule has 1 heterocycles. The summed E-state index contributed by atoms with van der Waals surface area (Å²) in [6.45, 7) is 3.33. The molecule has 0 amide bonds. The van der Waals surface area contributed by atoms with Gasteiger partial charge in [0.1, 0.15) is 0 Å². The molecule has 0 bridgehead atoms. The third-order valence-corrected chi connectivity index (χ3v) is 3.48. The number of carboxylic acid groups (broad SMARTS) is 1. The molecule has 0 saturated carbocycles. The molecule has 1 aromatic rings. The van der Waals surface area contributed by atoms with Crippen molar-refractivity contribution in [2.45, 2.75) is 38.6 Å². The Labute approximate surface area is 118 Å². The van der Waals surface area contributed by atoms with E-state index in [0.717, 1.165) is 35.5 Å². The number of hydrogen-bond donors (Lipinski definition) is 2. The van der Waals surface area contributed by atoms with Gasteiger partial charge in [0.2, 0.25) is 0 Å². The van der Waals surface area contributed by atoms with Crippen molar-refractivity contribution in [3.8, 4) is 11.5 Å². The van der Waals surface area contributed by atoms with Crippen LogP contribution in [0, 0.1) is 0 Å². The van der Waals surface area contributed by atoms with Gasteiger partial charge >= 0.3 is 5.97 Å². The second-order valence-corrected chi connectivity index (χ2v) is 4.90. The quantitative estimate of drug-likeness (QED) is 0.864. The number of carboxylic acids is 1. The molecule has 5 nitrogen and oxygen atoms in total. The lowest BCUT2D eigenvalue weighted by Gasteiger charge is -2.19.